The van der Waals surface area contributed by atoms with Gasteiger partial charge < -0.3 is 20.6 Å². The fraction of sp³-hybridized carbons (Fsp3) is 0.556. The summed E-state index contributed by atoms with van der Waals surface area (Å²) >= 11 is 3.33. The first-order valence-corrected chi connectivity index (χ1v) is 5.95. The molecular formula is C9H14BrN5O2. The van der Waals surface area contributed by atoms with Crippen molar-refractivity contribution in [2.24, 2.45) is 5.84 Å². The largest absolute Gasteiger partial charge is 0.386 e. The molecule has 1 saturated heterocycles. The normalized spacial score (nSPS) is 23.7. The molecule has 94 valence electrons. The number of nitrogens with zero attached hydrogens (tertiary/aromatic N) is 2. The van der Waals surface area contributed by atoms with Crippen molar-refractivity contribution in [1.82, 2.24) is 9.97 Å². The smallest absolute Gasteiger partial charge is 0.159 e. The molecule has 17 heavy (non-hydrogen) atoms. The van der Waals surface area contributed by atoms with Gasteiger partial charge in [-0.15, -0.1) is 0 Å². The van der Waals surface area contributed by atoms with Gasteiger partial charge in [-0.05, 0) is 15.9 Å². The molecule has 0 saturated carbocycles. The first-order valence-electron chi connectivity index (χ1n) is 5.16. The van der Waals surface area contributed by atoms with Crippen LogP contribution in [0, 0.1) is 0 Å². The van der Waals surface area contributed by atoms with Gasteiger partial charge in [0.1, 0.15) is 22.2 Å². The number of anilines is 2. The maximum atomic E-state index is 10.1. The lowest BCUT2D eigenvalue weighted by Crippen LogP contribution is -2.37. The van der Waals surface area contributed by atoms with Gasteiger partial charge in [-0.1, -0.05) is 0 Å². The number of ether oxygens (including phenoxy) is 1. The van der Waals surface area contributed by atoms with Crippen molar-refractivity contribution in [2.75, 3.05) is 30.5 Å². The molecule has 7 nitrogen and oxygen atoms in total. The molecule has 1 aromatic rings. The zero-order chi connectivity index (χ0) is 12.3. The summed E-state index contributed by atoms with van der Waals surface area (Å²) < 4.78 is 5.79. The van der Waals surface area contributed by atoms with Crippen LogP contribution in [0.3, 0.4) is 0 Å². The summed E-state index contributed by atoms with van der Waals surface area (Å²) in [7, 11) is 0. The Morgan fingerprint density at radius 1 is 1.53 bits per heavy atom. The molecule has 0 amide bonds. The average Bonchev–Trinajstić information content (AvgIpc) is 2.75. The molecule has 1 unspecified atom stereocenters. The number of hydrogen-bond acceptors (Lipinski definition) is 7. The zero-order valence-corrected chi connectivity index (χ0v) is 10.7. The second-order valence-electron chi connectivity index (χ2n) is 3.91. The number of hydrogen-bond donors (Lipinski definition) is 4. The third-order valence-corrected chi connectivity index (χ3v) is 3.34. The van der Waals surface area contributed by atoms with Crippen molar-refractivity contribution in [3.63, 3.8) is 0 Å². The minimum absolute atomic E-state index is 0.338. The van der Waals surface area contributed by atoms with Gasteiger partial charge in [-0.25, -0.2) is 15.8 Å². The number of nitrogens with one attached hydrogen (secondary N) is 2. The Labute approximate surface area is 107 Å². The van der Waals surface area contributed by atoms with E-state index >= 15 is 0 Å². The highest BCUT2D eigenvalue weighted by atomic mass is 79.9. The lowest BCUT2D eigenvalue weighted by molar-refractivity contribution is 0.0381. The highest BCUT2D eigenvalue weighted by Crippen LogP contribution is 2.27. The highest BCUT2D eigenvalue weighted by Gasteiger charge is 2.32. The van der Waals surface area contributed by atoms with Crippen LogP contribution in [-0.2, 0) is 4.74 Å². The highest BCUT2D eigenvalue weighted by molar-refractivity contribution is 9.10. The molecule has 1 aliphatic rings. The van der Waals surface area contributed by atoms with Crippen molar-refractivity contribution in [3.05, 3.63) is 10.8 Å². The molecule has 0 aliphatic carbocycles. The molecule has 0 radical (unpaired) electrons. The maximum absolute atomic E-state index is 10.1. The van der Waals surface area contributed by atoms with E-state index in [-0.39, 0.29) is 0 Å². The molecule has 2 heterocycles. The van der Waals surface area contributed by atoms with Crippen LogP contribution in [-0.4, -0.2) is 40.4 Å². The van der Waals surface area contributed by atoms with E-state index in [0.717, 1.165) is 0 Å². The molecule has 0 aromatic carbocycles. The van der Waals surface area contributed by atoms with Gasteiger partial charge in [0.25, 0.3) is 0 Å². The quantitative estimate of drug-likeness (QED) is 0.461. The van der Waals surface area contributed by atoms with Gasteiger partial charge in [0, 0.05) is 19.6 Å². The fourth-order valence-corrected chi connectivity index (χ4v) is 2.04. The minimum Gasteiger partial charge on any atom is -0.386 e. The molecule has 2 rings (SSSR count). The second kappa shape index (κ2) is 5.13. The summed E-state index contributed by atoms with van der Waals surface area (Å²) in [5, 5.41) is 13.1. The van der Waals surface area contributed by atoms with Crippen molar-refractivity contribution < 1.29 is 9.84 Å². The predicted molar refractivity (Wildman–Crippen MR) is 66.4 cm³/mol. The topological polar surface area (TPSA) is 105 Å². The van der Waals surface area contributed by atoms with E-state index in [1.54, 1.807) is 0 Å². The Bertz CT molecular complexity index is 397. The summed E-state index contributed by atoms with van der Waals surface area (Å²) in [5.74, 6) is 6.36. The van der Waals surface area contributed by atoms with Crippen LogP contribution in [0.25, 0.3) is 0 Å². The van der Waals surface area contributed by atoms with Crippen molar-refractivity contribution in [1.29, 1.82) is 0 Å². The number of rotatable bonds is 4. The van der Waals surface area contributed by atoms with E-state index < -0.39 is 5.60 Å². The van der Waals surface area contributed by atoms with E-state index in [4.69, 9.17) is 10.6 Å². The summed E-state index contributed by atoms with van der Waals surface area (Å²) in [6, 6.07) is 0. The number of nitrogens with two attached hydrogens (primary N) is 1. The summed E-state index contributed by atoms with van der Waals surface area (Å²) in [4.78, 5) is 8.00. The van der Waals surface area contributed by atoms with Crippen molar-refractivity contribution in [2.45, 2.75) is 12.0 Å². The first kappa shape index (κ1) is 12.5. The Kier molecular flexibility index (Phi) is 3.77. The van der Waals surface area contributed by atoms with E-state index in [2.05, 4.69) is 36.6 Å². The number of aromatic nitrogens is 2. The second-order valence-corrected chi connectivity index (χ2v) is 4.70. The SMILES string of the molecule is NNc1ncnc(NCC2(O)CCOC2)c1Br. The molecule has 0 bridgehead atoms. The Morgan fingerprint density at radius 2 is 2.29 bits per heavy atom. The Balaban J connectivity index is 2.03. The zero-order valence-electron chi connectivity index (χ0n) is 9.11. The molecule has 0 spiro atoms. The van der Waals surface area contributed by atoms with Gasteiger partial charge in [0.15, 0.2) is 5.82 Å². The van der Waals surface area contributed by atoms with E-state index in [0.29, 0.717) is 42.3 Å². The standard InChI is InChI=1S/C9H14BrN5O2/c10-6-7(13-5-14-8(6)15-11)12-3-9(16)1-2-17-4-9/h5,16H,1-4,11H2,(H2,12,13,14,15). The number of hydrazine groups is 1. The molecule has 5 N–H and O–H groups in total. The Morgan fingerprint density at radius 3 is 2.94 bits per heavy atom. The maximum Gasteiger partial charge on any atom is 0.159 e. The fourth-order valence-electron chi connectivity index (χ4n) is 1.58. The van der Waals surface area contributed by atoms with Crippen LogP contribution in [0.4, 0.5) is 11.6 Å². The van der Waals surface area contributed by atoms with Crippen LogP contribution in [0.1, 0.15) is 6.42 Å². The molecular weight excluding hydrogens is 290 g/mol. The van der Waals surface area contributed by atoms with E-state index in [9.17, 15) is 5.11 Å². The summed E-state index contributed by atoms with van der Waals surface area (Å²) in [6.07, 6.45) is 2.00. The lowest BCUT2D eigenvalue weighted by atomic mass is 10.0. The van der Waals surface area contributed by atoms with Crippen LogP contribution in [0.2, 0.25) is 0 Å². The average molecular weight is 304 g/mol. The predicted octanol–water partition coefficient (Wildman–Crippen LogP) is 0.0880. The van der Waals surface area contributed by atoms with Gasteiger partial charge in [0.2, 0.25) is 0 Å². The van der Waals surface area contributed by atoms with Crippen LogP contribution in [0.15, 0.2) is 10.8 Å². The van der Waals surface area contributed by atoms with Crippen LogP contribution < -0.4 is 16.6 Å². The summed E-state index contributed by atoms with van der Waals surface area (Å²) in [6.45, 7) is 1.29. The third-order valence-electron chi connectivity index (χ3n) is 2.59. The molecule has 1 aliphatic heterocycles. The number of halogens is 1. The minimum atomic E-state index is -0.833. The molecule has 8 heteroatoms. The van der Waals surface area contributed by atoms with Gasteiger partial charge in [-0.3, -0.25) is 0 Å². The molecule has 1 atom stereocenters. The monoisotopic (exact) mass is 303 g/mol. The van der Waals surface area contributed by atoms with Crippen LogP contribution in [0.5, 0.6) is 0 Å². The number of nitrogen functional groups attached to an aromatic ring is 1. The Hall–Kier alpha value is -0.960. The van der Waals surface area contributed by atoms with Gasteiger partial charge in [0.05, 0.1) is 6.61 Å². The van der Waals surface area contributed by atoms with E-state index in [1.807, 2.05) is 0 Å². The molecule has 1 aromatic heterocycles. The summed E-state index contributed by atoms with van der Waals surface area (Å²) in [5.41, 5.74) is 1.62. The third kappa shape index (κ3) is 2.83. The first-order chi connectivity index (χ1) is 8.14. The van der Waals surface area contributed by atoms with Gasteiger partial charge >= 0.3 is 0 Å². The van der Waals surface area contributed by atoms with Crippen LogP contribution >= 0.6 is 15.9 Å². The van der Waals surface area contributed by atoms with Crippen molar-refractivity contribution >= 4 is 27.6 Å². The lowest BCUT2D eigenvalue weighted by Gasteiger charge is -2.21. The van der Waals surface area contributed by atoms with E-state index in [1.165, 1.54) is 6.33 Å². The molecule has 1 fully saturated rings. The van der Waals surface area contributed by atoms with Crippen molar-refractivity contribution in [3.8, 4) is 0 Å². The number of aliphatic hydroxyl groups is 1. The van der Waals surface area contributed by atoms with Gasteiger partial charge in [-0.2, -0.15) is 0 Å².